The molecule has 1 saturated carbocycles. The van der Waals surface area contributed by atoms with Crippen LogP contribution in [0.25, 0.3) is 0 Å². The highest BCUT2D eigenvalue weighted by Crippen LogP contribution is 2.31. The van der Waals surface area contributed by atoms with Crippen LogP contribution in [0.4, 0.5) is 4.79 Å². The quantitative estimate of drug-likeness (QED) is 0.744. The molecule has 2 aliphatic carbocycles. The summed E-state index contributed by atoms with van der Waals surface area (Å²) in [5, 5.41) is 15.0. The van der Waals surface area contributed by atoms with Crippen LogP contribution in [-0.4, -0.2) is 47.2 Å². The summed E-state index contributed by atoms with van der Waals surface area (Å²) in [4.78, 5) is 25.0. The molecule has 0 spiro atoms. The summed E-state index contributed by atoms with van der Waals surface area (Å²) >= 11 is 0. The number of carboxylic acids is 1. The molecule has 6 heteroatoms. The van der Waals surface area contributed by atoms with Crippen LogP contribution in [0.2, 0.25) is 0 Å². The Morgan fingerprint density at radius 2 is 2.00 bits per heavy atom. The fourth-order valence-electron chi connectivity index (χ4n) is 3.77. The molecule has 1 aromatic rings. The summed E-state index contributed by atoms with van der Waals surface area (Å²) in [6, 6.07) is 8.60. The van der Waals surface area contributed by atoms with E-state index in [0.717, 1.165) is 32.2 Å². The summed E-state index contributed by atoms with van der Waals surface area (Å²) in [5.41, 5.74) is 2.54. The van der Waals surface area contributed by atoms with Crippen molar-refractivity contribution in [2.24, 2.45) is 0 Å². The lowest BCUT2D eigenvalue weighted by atomic mass is 9.85. The first-order valence-electron chi connectivity index (χ1n) is 8.67. The Labute approximate surface area is 142 Å². The van der Waals surface area contributed by atoms with E-state index in [1.165, 1.54) is 11.1 Å². The van der Waals surface area contributed by atoms with Crippen LogP contribution < -0.4 is 10.6 Å². The third-order valence-corrected chi connectivity index (χ3v) is 5.15. The summed E-state index contributed by atoms with van der Waals surface area (Å²) in [7, 11) is 0. The first kappa shape index (κ1) is 16.8. The number of nitrogens with one attached hydrogen (secondary N) is 2. The van der Waals surface area contributed by atoms with Gasteiger partial charge in [0.05, 0.1) is 12.6 Å². The Kier molecular flexibility index (Phi) is 5.04. The van der Waals surface area contributed by atoms with Crippen LogP contribution >= 0.6 is 0 Å². The summed E-state index contributed by atoms with van der Waals surface area (Å²) in [5.74, 6) is -0.800. The molecule has 2 amide bonds. The molecule has 1 fully saturated rings. The van der Waals surface area contributed by atoms with Crippen LogP contribution in [0.5, 0.6) is 0 Å². The Hall–Kier alpha value is -2.08. The van der Waals surface area contributed by atoms with Crippen molar-refractivity contribution in [1.29, 1.82) is 0 Å². The van der Waals surface area contributed by atoms with Crippen molar-refractivity contribution in [3.8, 4) is 0 Å². The van der Waals surface area contributed by atoms with Gasteiger partial charge in [-0.25, -0.2) is 4.79 Å². The first-order valence-corrected chi connectivity index (χ1v) is 8.67. The van der Waals surface area contributed by atoms with E-state index in [2.05, 4.69) is 22.8 Å². The number of likely N-dealkylation sites (N-methyl/N-ethyl adjacent to an activating group) is 1. The highest BCUT2D eigenvalue weighted by Gasteiger charge is 2.35. The van der Waals surface area contributed by atoms with Gasteiger partial charge in [-0.2, -0.15) is 0 Å². The van der Waals surface area contributed by atoms with Gasteiger partial charge in [-0.05, 0) is 43.4 Å². The van der Waals surface area contributed by atoms with Gasteiger partial charge in [-0.1, -0.05) is 31.2 Å². The third-order valence-electron chi connectivity index (χ3n) is 5.15. The monoisotopic (exact) mass is 331 g/mol. The number of hydrogen-bond acceptors (Lipinski definition) is 3. The maximum Gasteiger partial charge on any atom is 0.317 e. The molecule has 0 aromatic heterocycles. The van der Waals surface area contributed by atoms with E-state index in [-0.39, 0.29) is 30.7 Å². The predicted octanol–water partition coefficient (Wildman–Crippen LogP) is 1.91. The Morgan fingerprint density at radius 1 is 1.25 bits per heavy atom. The summed E-state index contributed by atoms with van der Waals surface area (Å²) < 4.78 is 0. The Morgan fingerprint density at radius 3 is 2.71 bits per heavy atom. The van der Waals surface area contributed by atoms with E-state index < -0.39 is 5.97 Å². The van der Waals surface area contributed by atoms with E-state index in [1.54, 1.807) is 0 Å². The lowest BCUT2D eigenvalue weighted by molar-refractivity contribution is -0.139. The van der Waals surface area contributed by atoms with Gasteiger partial charge in [0.1, 0.15) is 0 Å². The minimum absolute atomic E-state index is 0.0684. The number of rotatable bonds is 6. The van der Waals surface area contributed by atoms with E-state index in [4.69, 9.17) is 5.11 Å². The number of amides is 2. The average Bonchev–Trinajstić information content (AvgIpc) is 2.91. The predicted molar refractivity (Wildman–Crippen MR) is 90.9 cm³/mol. The molecule has 1 aromatic carbocycles. The fourth-order valence-corrected chi connectivity index (χ4v) is 3.77. The lowest BCUT2D eigenvalue weighted by Crippen LogP contribution is -2.56. The molecule has 0 saturated heterocycles. The molecular weight excluding hydrogens is 306 g/mol. The first-order chi connectivity index (χ1) is 11.6. The molecule has 130 valence electrons. The normalized spacial score (nSPS) is 25.0. The zero-order chi connectivity index (χ0) is 17.1. The molecule has 0 radical (unpaired) electrons. The van der Waals surface area contributed by atoms with Crippen LogP contribution in [0.1, 0.15) is 43.4 Å². The number of urea groups is 1. The number of carbonyl (C=O) groups is 2. The van der Waals surface area contributed by atoms with Crippen LogP contribution in [0, 0.1) is 0 Å². The Bertz CT molecular complexity index is 613. The number of carbonyl (C=O) groups excluding carboxylic acids is 1. The number of carboxylic acid groups (broad SMARTS) is 1. The van der Waals surface area contributed by atoms with Crippen LogP contribution in [-0.2, 0) is 11.2 Å². The lowest BCUT2D eigenvalue weighted by Gasteiger charge is -2.42. The number of aliphatic carboxylic acids is 1. The van der Waals surface area contributed by atoms with Crippen molar-refractivity contribution >= 4 is 12.0 Å². The van der Waals surface area contributed by atoms with Crippen molar-refractivity contribution < 1.29 is 14.7 Å². The van der Waals surface area contributed by atoms with Gasteiger partial charge < -0.3 is 15.7 Å². The van der Waals surface area contributed by atoms with Gasteiger partial charge in [0, 0.05) is 12.1 Å². The topological polar surface area (TPSA) is 81.7 Å². The molecule has 3 rings (SSSR count). The van der Waals surface area contributed by atoms with Gasteiger partial charge in [-0.3, -0.25) is 9.69 Å². The largest absolute Gasteiger partial charge is 0.480 e. The van der Waals surface area contributed by atoms with Crippen molar-refractivity contribution in [1.82, 2.24) is 15.5 Å². The van der Waals surface area contributed by atoms with Crippen molar-refractivity contribution in [3.05, 3.63) is 35.4 Å². The second kappa shape index (κ2) is 7.21. The number of nitrogens with zero attached hydrogens (tertiary/aromatic N) is 1. The molecule has 1 atom stereocenters. The number of benzene rings is 1. The van der Waals surface area contributed by atoms with Gasteiger partial charge in [0.15, 0.2) is 0 Å². The summed E-state index contributed by atoms with van der Waals surface area (Å²) in [6.07, 6.45) is 3.58. The summed E-state index contributed by atoms with van der Waals surface area (Å²) in [6.45, 7) is 2.75. The maximum atomic E-state index is 12.2. The van der Waals surface area contributed by atoms with Crippen molar-refractivity contribution in [2.75, 3.05) is 13.1 Å². The molecule has 2 aliphatic rings. The van der Waals surface area contributed by atoms with Crippen molar-refractivity contribution in [2.45, 2.75) is 50.7 Å². The molecule has 0 aliphatic heterocycles. The third kappa shape index (κ3) is 3.70. The van der Waals surface area contributed by atoms with Crippen LogP contribution in [0.3, 0.4) is 0 Å². The highest BCUT2D eigenvalue weighted by molar-refractivity contribution is 5.75. The van der Waals surface area contributed by atoms with Crippen molar-refractivity contribution in [3.63, 3.8) is 0 Å². The SMILES string of the molecule is CCN(CC(=O)O)C1CC(NC(=O)NC2CCc3ccccc32)C1. The van der Waals surface area contributed by atoms with Gasteiger partial charge >= 0.3 is 12.0 Å². The smallest absolute Gasteiger partial charge is 0.317 e. The molecular formula is C18H25N3O3. The molecule has 6 nitrogen and oxygen atoms in total. The van der Waals surface area contributed by atoms with Gasteiger partial charge in [-0.15, -0.1) is 0 Å². The molecule has 24 heavy (non-hydrogen) atoms. The molecule has 0 bridgehead atoms. The second-order valence-corrected chi connectivity index (χ2v) is 6.69. The number of aryl methyl sites for hydroxylation is 1. The fraction of sp³-hybridized carbons (Fsp3) is 0.556. The van der Waals surface area contributed by atoms with Crippen LogP contribution in [0.15, 0.2) is 24.3 Å². The molecule has 1 unspecified atom stereocenters. The molecule has 3 N–H and O–H groups in total. The van der Waals surface area contributed by atoms with Gasteiger partial charge in [0.25, 0.3) is 0 Å². The minimum atomic E-state index is -0.800. The van der Waals surface area contributed by atoms with E-state index >= 15 is 0 Å². The minimum Gasteiger partial charge on any atom is -0.480 e. The number of fused-ring (bicyclic) bond motifs is 1. The Balaban J connectivity index is 1.44. The van der Waals surface area contributed by atoms with Gasteiger partial charge in [0.2, 0.25) is 0 Å². The highest BCUT2D eigenvalue weighted by atomic mass is 16.4. The van der Waals surface area contributed by atoms with E-state index in [0.29, 0.717) is 0 Å². The standard InChI is InChI=1S/C18H25N3O3/c1-2-21(11-17(22)23)14-9-13(10-14)19-18(24)20-16-8-7-12-5-3-4-6-15(12)16/h3-6,13-14,16H,2,7-11H2,1H3,(H,22,23)(H2,19,20,24). The maximum absolute atomic E-state index is 12.2. The zero-order valence-corrected chi connectivity index (χ0v) is 14.0. The zero-order valence-electron chi connectivity index (χ0n) is 14.0. The second-order valence-electron chi connectivity index (χ2n) is 6.69. The molecule has 0 heterocycles. The van der Waals surface area contributed by atoms with E-state index in [1.807, 2.05) is 24.0 Å². The average molecular weight is 331 g/mol. The van der Waals surface area contributed by atoms with E-state index in [9.17, 15) is 9.59 Å². The number of hydrogen-bond donors (Lipinski definition) is 3.